The first kappa shape index (κ1) is 20.7. The van der Waals surface area contributed by atoms with Gasteiger partial charge in [-0.1, -0.05) is 32.8 Å². The third-order valence-corrected chi connectivity index (χ3v) is 6.87. The van der Waals surface area contributed by atoms with Crippen LogP contribution in [0.5, 0.6) is 11.5 Å². The number of tetrazole rings is 1. The maximum atomic E-state index is 5.54. The van der Waals surface area contributed by atoms with Crippen LogP contribution in [0.3, 0.4) is 0 Å². The largest absolute Gasteiger partial charge is 0.454 e. The molecule has 1 aliphatic carbocycles. The van der Waals surface area contributed by atoms with Crippen molar-refractivity contribution in [3.8, 4) is 11.5 Å². The van der Waals surface area contributed by atoms with Crippen molar-refractivity contribution >= 4 is 0 Å². The van der Waals surface area contributed by atoms with Crippen LogP contribution in [-0.2, 0) is 6.54 Å². The van der Waals surface area contributed by atoms with Crippen LogP contribution < -0.4 is 9.47 Å². The molecule has 168 valence electrons. The molecule has 0 amide bonds. The van der Waals surface area contributed by atoms with Gasteiger partial charge in [-0.05, 0) is 53.3 Å². The molecule has 3 aliphatic rings. The van der Waals surface area contributed by atoms with Gasteiger partial charge in [0.15, 0.2) is 17.3 Å². The Morgan fingerprint density at radius 3 is 2.58 bits per heavy atom. The Hall–Kier alpha value is -2.19. The molecule has 2 aromatic rings. The van der Waals surface area contributed by atoms with Crippen molar-refractivity contribution in [2.45, 2.75) is 64.6 Å². The number of rotatable bonds is 7. The molecule has 0 unspecified atom stereocenters. The number of hydrogen-bond acceptors (Lipinski definition) is 7. The van der Waals surface area contributed by atoms with Crippen molar-refractivity contribution in [1.82, 2.24) is 30.0 Å². The first-order valence-electron chi connectivity index (χ1n) is 11.8. The van der Waals surface area contributed by atoms with E-state index in [4.69, 9.17) is 9.47 Å². The highest BCUT2D eigenvalue weighted by Crippen LogP contribution is 2.35. The minimum atomic E-state index is 0.295. The highest BCUT2D eigenvalue weighted by Gasteiger charge is 2.32. The van der Waals surface area contributed by atoms with Gasteiger partial charge in [0.1, 0.15) is 0 Å². The number of fused-ring (bicyclic) bond motifs is 1. The molecule has 1 aromatic carbocycles. The first-order chi connectivity index (χ1) is 15.2. The molecule has 1 saturated heterocycles. The Labute approximate surface area is 184 Å². The van der Waals surface area contributed by atoms with Gasteiger partial charge in [0.05, 0.1) is 12.1 Å². The van der Waals surface area contributed by atoms with Crippen molar-refractivity contribution in [1.29, 1.82) is 0 Å². The summed E-state index contributed by atoms with van der Waals surface area (Å²) in [6.45, 7) is 10.0. The lowest BCUT2D eigenvalue weighted by Gasteiger charge is -2.39. The lowest BCUT2D eigenvalue weighted by atomic mass is 10.0. The number of benzene rings is 1. The summed E-state index contributed by atoms with van der Waals surface area (Å²) in [6.07, 6.45) is 6.08. The van der Waals surface area contributed by atoms with E-state index in [1.807, 2.05) is 6.07 Å². The van der Waals surface area contributed by atoms with Gasteiger partial charge in [0, 0.05) is 32.7 Å². The molecule has 1 aromatic heterocycles. The van der Waals surface area contributed by atoms with Crippen LogP contribution in [0, 0.1) is 5.92 Å². The minimum Gasteiger partial charge on any atom is -0.454 e. The van der Waals surface area contributed by atoms with E-state index in [9.17, 15) is 0 Å². The zero-order chi connectivity index (χ0) is 21.2. The van der Waals surface area contributed by atoms with Gasteiger partial charge >= 0.3 is 0 Å². The summed E-state index contributed by atoms with van der Waals surface area (Å²) >= 11 is 0. The lowest BCUT2D eigenvalue weighted by molar-refractivity contribution is 0.0759. The number of aromatic nitrogens is 4. The predicted octanol–water partition coefficient (Wildman–Crippen LogP) is 3.42. The van der Waals surface area contributed by atoms with E-state index in [0.717, 1.165) is 56.5 Å². The van der Waals surface area contributed by atoms with E-state index in [0.29, 0.717) is 24.8 Å². The molecule has 1 saturated carbocycles. The summed E-state index contributed by atoms with van der Waals surface area (Å²) in [5, 5.41) is 13.0. The van der Waals surface area contributed by atoms with Crippen molar-refractivity contribution in [2.24, 2.45) is 5.92 Å². The van der Waals surface area contributed by atoms with Crippen molar-refractivity contribution in [3.63, 3.8) is 0 Å². The quantitative estimate of drug-likeness (QED) is 0.672. The fraction of sp³-hybridized carbons (Fsp3) is 0.696. The highest BCUT2D eigenvalue weighted by molar-refractivity contribution is 5.44. The monoisotopic (exact) mass is 426 g/mol. The van der Waals surface area contributed by atoms with Gasteiger partial charge in [0.25, 0.3) is 0 Å². The first-order valence-corrected chi connectivity index (χ1v) is 11.8. The summed E-state index contributed by atoms with van der Waals surface area (Å²) < 4.78 is 13.1. The smallest absolute Gasteiger partial charge is 0.231 e. The van der Waals surface area contributed by atoms with Crippen LogP contribution in [0.2, 0.25) is 0 Å². The van der Waals surface area contributed by atoms with Gasteiger partial charge in [-0.25, -0.2) is 4.68 Å². The highest BCUT2D eigenvalue weighted by atomic mass is 16.7. The van der Waals surface area contributed by atoms with Crippen LogP contribution in [0.4, 0.5) is 0 Å². The maximum absolute atomic E-state index is 5.54. The van der Waals surface area contributed by atoms with Gasteiger partial charge in [0.2, 0.25) is 6.79 Å². The van der Waals surface area contributed by atoms with E-state index in [-0.39, 0.29) is 0 Å². The topological polar surface area (TPSA) is 68.5 Å². The number of ether oxygens (including phenoxy) is 2. The van der Waals surface area contributed by atoms with Crippen LogP contribution in [0.15, 0.2) is 18.2 Å². The van der Waals surface area contributed by atoms with Crippen molar-refractivity contribution in [2.75, 3.05) is 33.0 Å². The molecule has 31 heavy (non-hydrogen) atoms. The van der Waals surface area contributed by atoms with Crippen LogP contribution >= 0.6 is 0 Å². The molecule has 0 spiro atoms. The fourth-order valence-electron chi connectivity index (χ4n) is 5.22. The Morgan fingerprint density at radius 1 is 1.03 bits per heavy atom. The molecule has 5 rings (SSSR count). The van der Waals surface area contributed by atoms with Gasteiger partial charge < -0.3 is 9.47 Å². The number of nitrogens with zero attached hydrogens (tertiary/aromatic N) is 6. The third kappa shape index (κ3) is 4.55. The van der Waals surface area contributed by atoms with E-state index in [1.165, 1.54) is 31.2 Å². The molecular weight excluding hydrogens is 392 g/mol. The van der Waals surface area contributed by atoms with Crippen molar-refractivity contribution in [3.05, 3.63) is 29.6 Å². The van der Waals surface area contributed by atoms with E-state index in [2.05, 4.69) is 56.0 Å². The second kappa shape index (κ2) is 9.12. The van der Waals surface area contributed by atoms with Crippen LogP contribution in [0.1, 0.15) is 69.4 Å². The number of hydrogen-bond donors (Lipinski definition) is 0. The van der Waals surface area contributed by atoms with Crippen LogP contribution in [0.25, 0.3) is 0 Å². The molecule has 8 heteroatoms. The SMILES string of the molecule is CC(C)C[C@@H](c1nnnn1C1CCCC1)N1CCN(Cc2ccc3c(c2)OCO3)CC1. The average Bonchev–Trinajstić information content (AvgIpc) is 3.53. The second-order valence-corrected chi connectivity index (χ2v) is 9.57. The molecule has 0 radical (unpaired) electrons. The van der Waals surface area contributed by atoms with Gasteiger partial charge in [-0.15, -0.1) is 5.10 Å². The maximum Gasteiger partial charge on any atom is 0.231 e. The van der Waals surface area contributed by atoms with Crippen molar-refractivity contribution < 1.29 is 9.47 Å². The van der Waals surface area contributed by atoms with Gasteiger partial charge in [-0.2, -0.15) is 0 Å². The zero-order valence-electron chi connectivity index (χ0n) is 18.7. The minimum absolute atomic E-state index is 0.295. The Morgan fingerprint density at radius 2 is 1.81 bits per heavy atom. The van der Waals surface area contributed by atoms with E-state index in [1.54, 1.807) is 0 Å². The normalized spacial score (nSPS) is 21.3. The number of piperazine rings is 1. The zero-order valence-corrected chi connectivity index (χ0v) is 18.7. The van der Waals surface area contributed by atoms with Gasteiger partial charge in [-0.3, -0.25) is 9.80 Å². The standard InChI is InChI=1S/C23H34N6O2/c1-17(2)13-20(23-24-25-26-29(23)19-5-3-4-6-19)28-11-9-27(10-12-28)15-18-7-8-21-22(14-18)31-16-30-21/h7-8,14,17,19-20H,3-6,9-13,15-16H2,1-2H3/t20-/m0/s1. The Balaban J connectivity index is 1.24. The summed E-state index contributed by atoms with van der Waals surface area (Å²) in [7, 11) is 0. The summed E-state index contributed by atoms with van der Waals surface area (Å²) in [5.41, 5.74) is 1.28. The molecule has 2 aliphatic heterocycles. The lowest BCUT2D eigenvalue weighted by Crippen LogP contribution is -2.48. The Kier molecular flexibility index (Phi) is 6.09. The molecule has 0 bridgehead atoms. The molecular formula is C23H34N6O2. The molecule has 2 fully saturated rings. The third-order valence-electron chi connectivity index (χ3n) is 6.87. The Bertz CT molecular complexity index is 871. The fourth-order valence-corrected chi connectivity index (χ4v) is 5.22. The van der Waals surface area contributed by atoms with E-state index >= 15 is 0 Å². The molecule has 0 N–H and O–H groups in total. The average molecular weight is 427 g/mol. The van der Waals surface area contributed by atoms with Crippen LogP contribution in [-0.4, -0.2) is 63.0 Å². The van der Waals surface area contributed by atoms with E-state index < -0.39 is 0 Å². The second-order valence-electron chi connectivity index (χ2n) is 9.57. The molecule has 8 nitrogen and oxygen atoms in total. The summed E-state index contributed by atoms with van der Waals surface area (Å²) in [6, 6.07) is 7.06. The predicted molar refractivity (Wildman–Crippen MR) is 117 cm³/mol. The molecule has 3 heterocycles. The molecule has 1 atom stereocenters. The summed E-state index contributed by atoms with van der Waals surface area (Å²) in [5.74, 6) is 3.40. The summed E-state index contributed by atoms with van der Waals surface area (Å²) in [4.78, 5) is 5.13.